The Hall–Kier alpha value is -3.00. The minimum atomic E-state index is -3.98. The highest BCUT2D eigenvalue weighted by atomic mass is 32.2. The molecule has 0 bridgehead atoms. The Bertz CT molecular complexity index is 1010. The topological polar surface area (TPSA) is 81.1 Å². The first kappa shape index (κ1) is 16.8. The quantitative estimate of drug-likeness (QED) is 0.776. The van der Waals surface area contributed by atoms with Crippen LogP contribution < -0.4 is 4.72 Å². The van der Waals surface area contributed by atoms with Crippen molar-refractivity contribution < 1.29 is 17.6 Å². The van der Waals surface area contributed by atoms with Gasteiger partial charge in [0.2, 0.25) is 0 Å². The Balaban J connectivity index is 1.80. The molecule has 0 aliphatic carbocycles. The summed E-state index contributed by atoms with van der Waals surface area (Å²) in [5, 5.41) is 4.02. The van der Waals surface area contributed by atoms with Gasteiger partial charge in [0.15, 0.2) is 5.69 Å². The smallest absolute Gasteiger partial charge is 0.266 e. The number of hydrogen-bond donors (Lipinski definition) is 1. The first-order valence-electron chi connectivity index (χ1n) is 7.30. The average molecular weight is 359 g/mol. The molecule has 1 heterocycles. The number of carbonyl (C=O) groups excluding carboxylic acids is 1. The molecule has 0 radical (unpaired) electrons. The number of aryl methyl sites for hydroxylation is 1. The van der Waals surface area contributed by atoms with Gasteiger partial charge in [0.1, 0.15) is 5.82 Å². The van der Waals surface area contributed by atoms with Gasteiger partial charge in [-0.05, 0) is 49.4 Å². The van der Waals surface area contributed by atoms with E-state index in [1.165, 1.54) is 53.3 Å². The number of sulfonamides is 1. The van der Waals surface area contributed by atoms with E-state index in [9.17, 15) is 17.6 Å². The third kappa shape index (κ3) is 3.74. The van der Waals surface area contributed by atoms with Crippen molar-refractivity contribution in [3.05, 3.63) is 77.9 Å². The maximum absolute atomic E-state index is 12.9. The molecule has 0 atom stereocenters. The van der Waals surface area contributed by atoms with Crippen LogP contribution in [0.5, 0.6) is 0 Å². The molecule has 6 nitrogen and oxygen atoms in total. The first-order valence-corrected chi connectivity index (χ1v) is 8.79. The number of rotatable bonds is 4. The third-order valence-electron chi connectivity index (χ3n) is 3.47. The molecule has 1 N–H and O–H groups in total. The number of aromatic nitrogens is 2. The number of hydrogen-bond acceptors (Lipinski definition) is 4. The molecule has 128 valence electrons. The fourth-order valence-electron chi connectivity index (χ4n) is 2.13. The van der Waals surface area contributed by atoms with Crippen LogP contribution in [0.15, 0.2) is 65.7 Å². The molecule has 0 aliphatic heterocycles. The summed E-state index contributed by atoms with van der Waals surface area (Å²) in [5.74, 6) is -1.24. The fraction of sp³-hybridized carbons (Fsp3) is 0.0588. The molecule has 0 spiro atoms. The molecule has 3 rings (SSSR count). The van der Waals surface area contributed by atoms with Crippen LogP contribution in [0.3, 0.4) is 0 Å². The molecular weight excluding hydrogens is 345 g/mol. The normalized spacial score (nSPS) is 11.3. The largest absolute Gasteiger partial charge is 0.285 e. The lowest BCUT2D eigenvalue weighted by Crippen LogP contribution is -2.31. The second kappa shape index (κ2) is 6.48. The van der Waals surface area contributed by atoms with Crippen molar-refractivity contribution in [3.63, 3.8) is 0 Å². The summed E-state index contributed by atoms with van der Waals surface area (Å²) in [6, 6.07) is 13.0. The molecular formula is C17H14FN3O3S. The Morgan fingerprint density at radius 2 is 1.68 bits per heavy atom. The highest BCUT2D eigenvalue weighted by Crippen LogP contribution is 2.12. The zero-order chi connectivity index (χ0) is 18.0. The van der Waals surface area contributed by atoms with Crippen LogP contribution in [0, 0.1) is 12.7 Å². The first-order chi connectivity index (χ1) is 11.8. The van der Waals surface area contributed by atoms with Crippen LogP contribution in [-0.2, 0) is 10.0 Å². The number of nitrogens with one attached hydrogen (secondary N) is 1. The molecule has 0 saturated carbocycles. The molecule has 2 aromatic carbocycles. The Morgan fingerprint density at radius 1 is 1.04 bits per heavy atom. The summed E-state index contributed by atoms with van der Waals surface area (Å²) in [7, 11) is -3.98. The number of benzene rings is 2. The minimum absolute atomic E-state index is 0.00980. The lowest BCUT2D eigenvalue weighted by Gasteiger charge is -2.06. The van der Waals surface area contributed by atoms with Gasteiger partial charge in [0.25, 0.3) is 15.9 Å². The van der Waals surface area contributed by atoms with Crippen molar-refractivity contribution >= 4 is 15.9 Å². The van der Waals surface area contributed by atoms with Crippen LogP contribution in [0.2, 0.25) is 0 Å². The van der Waals surface area contributed by atoms with Crippen molar-refractivity contribution in [1.29, 1.82) is 0 Å². The van der Waals surface area contributed by atoms with Gasteiger partial charge in [-0.2, -0.15) is 5.10 Å². The number of carbonyl (C=O) groups is 1. The standard InChI is InChI=1S/C17H14FN3O3S/c1-12-2-8-15(9-3-12)25(23,24)20-17(22)16-10-11-21(19-16)14-6-4-13(18)5-7-14/h2-11H,1H3,(H,20,22). The number of halogens is 1. The highest BCUT2D eigenvalue weighted by Gasteiger charge is 2.20. The molecule has 25 heavy (non-hydrogen) atoms. The zero-order valence-electron chi connectivity index (χ0n) is 13.2. The van der Waals surface area contributed by atoms with E-state index in [1.807, 2.05) is 11.6 Å². The number of nitrogens with zero attached hydrogens (tertiary/aromatic N) is 2. The van der Waals surface area contributed by atoms with Crippen molar-refractivity contribution in [2.45, 2.75) is 11.8 Å². The molecule has 0 aliphatic rings. The molecule has 3 aromatic rings. The van der Waals surface area contributed by atoms with Gasteiger partial charge < -0.3 is 0 Å². The second-order valence-electron chi connectivity index (χ2n) is 5.37. The van der Waals surface area contributed by atoms with E-state index in [1.54, 1.807) is 12.1 Å². The fourth-order valence-corrected chi connectivity index (χ4v) is 3.09. The van der Waals surface area contributed by atoms with Crippen molar-refractivity contribution in [3.8, 4) is 5.69 Å². The van der Waals surface area contributed by atoms with E-state index in [2.05, 4.69) is 5.10 Å². The van der Waals surface area contributed by atoms with E-state index >= 15 is 0 Å². The van der Waals surface area contributed by atoms with Crippen LogP contribution in [0.4, 0.5) is 4.39 Å². The van der Waals surface area contributed by atoms with Gasteiger partial charge in [-0.25, -0.2) is 22.2 Å². The van der Waals surface area contributed by atoms with Crippen LogP contribution in [-0.4, -0.2) is 24.1 Å². The van der Waals surface area contributed by atoms with Crippen LogP contribution >= 0.6 is 0 Å². The maximum atomic E-state index is 12.9. The molecule has 0 saturated heterocycles. The predicted octanol–water partition coefficient (Wildman–Crippen LogP) is 2.44. The van der Waals surface area contributed by atoms with E-state index < -0.39 is 21.7 Å². The third-order valence-corrected chi connectivity index (χ3v) is 4.82. The Labute approximate surface area is 144 Å². The summed E-state index contributed by atoms with van der Waals surface area (Å²) in [4.78, 5) is 12.2. The van der Waals surface area contributed by atoms with Gasteiger partial charge >= 0.3 is 0 Å². The maximum Gasteiger partial charge on any atom is 0.285 e. The van der Waals surface area contributed by atoms with E-state index in [-0.39, 0.29) is 10.6 Å². The lowest BCUT2D eigenvalue weighted by molar-refractivity contribution is 0.0976. The molecule has 8 heteroatoms. The van der Waals surface area contributed by atoms with Crippen molar-refractivity contribution in [1.82, 2.24) is 14.5 Å². The van der Waals surface area contributed by atoms with Gasteiger partial charge in [0, 0.05) is 6.20 Å². The van der Waals surface area contributed by atoms with E-state index in [0.717, 1.165) is 5.56 Å². The van der Waals surface area contributed by atoms with Gasteiger partial charge in [0.05, 0.1) is 10.6 Å². The summed E-state index contributed by atoms with van der Waals surface area (Å²) < 4.78 is 40.7. The number of amides is 1. The molecule has 1 amide bonds. The Kier molecular flexibility index (Phi) is 4.37. The van der Waals surface area contributed by atoms with E-state index in [4.69, 9.17) is 0 Å². The van der Waals surface area contributed by atoms with Gasteiger partial charge in [-0.3, -0.25) is 4.79 Å². The molecule has 0 fully saturated rings. The Morgan fingerprint density at radius 3 is 2.32 bits per heavy atom. The van der Waals surface area contributed by atoms with Crippen LogP contribution in [0.1, 0.15) is 16.1 Å². The predicted molar refractivity (Wildman–Crippen MR) is 89.4 cm³/mol. The van der Waals surface area contributed by atoms with Gasteiger partial charge in [-0.15, -0.1) is 0 Å². The van der Waals surface area contributed by atoms with E-state index in [0.29, 0.717) is 5.69 Å². The van der Waals surface area contributed by atoms with Gasteiger partial charge in [-0.1, -0.05) is 17.7 Å². The average Bonchev–Trinajstić information content (AvgIpc) is 3.06. The summed E-state index contributed by atoms with van der Waals surface area (Å²) in [6.45, 7) is 1.83. The minimum Gasteiger partial charge on any atom is -0.266 e. The zero-order valence-corrected chi connectivity index (χ0v) is 14.0. The SMILES string of the molecule is Cc1ccc(S(=O)(=O)NC(=O)c2ccn(-c3ccc(F)cc3)n2)cc1. The molecule has 1 aromatic heterocycles. The molecule has 0 unspecified atom stereocenters. The highest BCUT2D eigenvalue weighted by molar-refractivity contribution is 7.90. The lowest BCUT2D eigenvalue weighted by atomic mass is 10.2. The summed E-state index contributed by atoms with van der Waals surface area (Å²) in [6.07, 6.45) is 1.49. The van der Waals surface area contributed by atoms with Crippen LogP contribution in [0.25, 0.3) is 5.69 Å². The van der Waals surface area contributed by atoms with Crippen molar-refractivity contribution in [2.24, 2.45) is 0 Å². The summed E-state index contributed by atoms with van der Waals surface area (Å²) in [5.41, 5.74) is 1.38. The summed E-state index contributed by atoms with van der Waals surface area (Å²) >= 11 is 0. The van der Waals surface area contributed by atoms with Crippen molar-refractivity contribution in [2.75, 3.05) is 0 Å². The monoisotopic (exact) mass is 359 g/mol. The second-order valence-corrected chi connectivity index (χ2v) is 7.05.